The largest absolute Gasteiger partial charge is 0.0944 e. The summed E-state index contributed by atoms with van der Waals surface area (Å²) in [5.41, 5.74) is 7.56. The maximum Gasteiger partial charge on any atom is 0.0944 e. The lowest BCUT2D eigenvalue weighted by molar-refractivity contribution is 0.962. The van der Waals surface area contributed by atoms with Crippen molar-refractivity contribution in [3.8, 4) is 0 Å². The van der Waals surface area contributed by atoms with Gasteiger partial charge < -0.3 is 0 Å². The second-order valence-electron chi connectivity index (χ2n) is 7.99. The van der Waals surface area contributed by atoms with E-state index < -0.39 is 4.32 Å². The quantitative estimate of drug-likeness (QED) is 0.178. The SMILES string of the molecule is Brc1ccc(C2C=CC(Br)(c3ccccc3)C(c3ccccc3)=C2c2ccccc2)cc1. The molecule has 0 saturated carbocycles. The fourth-order valence-corrected chi connectivity index (χ4v) is 5.66. The van der Waals surface area contributed by atoms with Gasteiger partial charge in [0, 0.05) is 10.4 Å². The fraction of sp³-hybridized carbons (Fsp3) is 0.0667. The zero-order chi connectivity index (χ0) is 22.0. The Labute approximate surface area is 206 Å². The van der Waals surface area contributed by atoms with Crippen LogP contribution in [0.5, 0.6) is 0 Å². The molecule has 0 bridgehead atoms. The minimum absolute atomic E-state index is 0.148. The van der Waals surface area contributed by atoms with E-state index in [0.29, 0.717) is 0 Å². The van der Waals surface area contributed by atoms with Gasteiger partial charge in [0.05, 0.1) is 4.32 Å². The minimum atomic E-state index is -0.424. The number of alkyl halides is 1. The van der Waals surface area contributed by atoms with E-state index in [1.54, 1.807) is 0 Å². The maximum atomic E-state index is 4.20. The van der Waals surface area contributed by atoms with E-state index in [4.69, 9.17) is 0 Å². The summed E-state index contributed by atoms with van der Waals surface area (Å²) < 4.78 is 0.667. The van der Waals surface area contributed by atoms with E-state index in [0.717, 1.165) is 4.47 Å². The van der Waals surface area contributed by atoms with Gasteiger partial charge in [0.25, 0.3) is 0 Å². The van der Waals surface area contributed by atoms with Crippen LogP contribution in [-0.2, 0) is 4.32 Å². The Morgan fingerprint density at radius 3 is 1.72 bits per heavy atom. The molecule has 156 valence electrons. The average molecular weight is 542 g/mol. The molecule has 4 aromatic carbocycles. The van der Waals surface area contributed by atoms with Gasteiger partial charge in [0.1, 0.15) is 0 Å². The molecular weight excluding hydrogens is 520 g/mol. The third-order valence-electron chi connectivity index (χ3n) is 6.03. The molecule has 0 fully saturated rings. The number of halogens is 2. The van der Waals surface area contributed by atoms with Crippen LogP contribution >= 0.6 is 31.9 Å². The maximum absolute atomic E-state index is 4.20. The van der Waals surface area contributed by atoms with E-state index in [1.165, 1.54) is 33.4 Å². The smallest absolute Gasteiger partial charge is 0.0746 e. The first-order valence-electron chi connectivity index (χ1n) is 10.7. The van der Waals surface area contributed by atoms with Crippen molar-refractivity contribution in [2.75, 3.05) is 0 Å². The molecule has 2 heteroatoms. The average Bonchev–Trinajstić information content (AvgIpc) is 2.86. The van der Waals surface area contributed by atoms with Crippen molar-refractivity contribution in [3.63, 3.8) is 0 Å². The second-order valence-corrected chi connectivity index (χ2v) is 10.2. The Morgan fingerprint density at radius 1 is 0.594 bits per heavy atom. The monoisotopic (exact) mass is 540 g/mol. The Bertz CT molecular complexity index is 1260. The zero-order valence-electron chi connectivity index (χ0n) is 17.5. The van der Waals surface area contributed by atoms with E-state index in [9.17, 15) is 0 Å². The summed E-state index contributed by atoms with van der Waals surface area (Å²) >= 11 is 7.79. The van der Waals surface area contributed by atoms with Gasteiger partial charge in [-0.25, -0.2) is 0 Å². The molecule has 0 spiro atoms. The minimum Gasteiger partial charge on any atom is -0.0746 e. The summed E-state index contributed by atoms with van der Waals surface area (Å²) in [6.07, 6.45) is 4.67. The van der Waals surface area contributed by atoms with Crippen LogP contribution in [0.3, 0.4) is 0 Å². The van der Waals surface area contributed by atoms with Gasteiger partial charge in [0.15, 0.2) is 0 Å². The van der Waals surface area contributed by atoms with Crippen LogP contribution in [0.25, 0.3) is 11.1 Å². The first-order chi connectivity index (χ1) is 15.7. The number of allylic oxidation sites excluding steroid dienone is 4. The molecule has 32 heavy (non-hydrogen) atoms. The molecule has 0 aliphatic heterocycles. The number of rotatable bonds is 4. The first kappa shape index (κ1) is 21.2. The predicted molar refractivity (Wildman–Crippen MR) is 143 cm³/mol. The van der Waals surface area contributed by atoms with Crippen LogP contribution in [0.2, 0.25) is 0 Å². The molecule has 5 rings (SSSR count). The molecule has 1 aliphatic carbocycles. The third-order valence-corrected chi connectivity index (χ3v) is 7.68. The summed E-state index contributed by atoms with van der Waals surface area (Å²) in [5, 5.41) is 0. The summed E-state index contributed by atoms with van der Waals surface area (Å²) in [6.45, 7) is 0. The molecule has 0 N–H and O–H groups in total. The first-order valence-corrected chi connectivity index (χ1v) is 12.3. The summed E-state index contributed by atoms with van der Waals surface area (Å²) in [7, 11) is 0. The van der Waals surface area contributed by atoms with Crippen LogP contribution in [0.4, 0.5) is 0 Å². The zero-order valence-corrected chi connectivity index (χ0v) is 20.6. The highest BCUT2D eigenvalue weighted by atomic mass is 79.9. The summed E-state index contributed by atoms with van der Waals surface area (Å²) in [5.74, 6) is 0.148. The van der Waals surface area contributed by atoms with E-state index in [2.05, 4.69) is 159 Å². The summed E-state index contributed by atoms with van der Waals surface area (Å²) in [4.78, 5) is 0. The lowest BCUT2D eigenvalue weighted by atomic mass is 9.71. The molecule has 0 heterocycles. The van der Waals surface area contributed by atoms with Gasteiger partial charge in [-0.2, -0.15) is 0 Å². The number of hydrogen-bond acceptors (Lipinski definition) is 0. The molecule has 2 atom stereocenters. The molecule has 0 aromatic heterocycles. The van der Waals surface area contributed by atoms with E-state index in [1.807, 2.05) is 0 Å². The highest BCUT2D eigenvalue weighted by Gasteiger charge is 2.39. The van der Waals surface area contributed by atoms with Crippen molar-refractivity contribution in [2.24, 2.45) is 0 Å². The molecule has 2 unspecified atom stereocenters. The van der Waals surface area contributed by atoms with Crippen molar-refractivity contribution in [3.05, 3.63) is 154 Å². The molecule has 1 aliphatic rings. The Kier molecular flexibility index (Phi) is 5.99. The van der Waals surface area contributed by atoms with Crippen molar-refractivity contribution in [2.45, 2.75) is 10.2 Å². The van der Waals surface area contributed by atoms with Gasteiger partial charge in [0.2, 0.25) is 0 Å². The number of hydrogen-bond donors (Lipinski definition) is 0. The second kappa shape index (κ2) is 9.05. The van der Waals surface area contributed by atoms with E-state index in [-0.39, 0.29) is 5.92 Å². The molecule has 0 amide bonds. The van der Waals surface area contributed by atoms with Crippen molar-refractivity contribution in [1.29, 1.82) is 0 Å². The Morgan fingerprint density at radius 2 is 1.12 bits per heavy atom. The molecular formula is C30H22Br2. The van der Waals surface area contributed by atoms with Crippen LogP contribution < -0.4 is 0 Å². The van der Waals surface area contributed by atoms with Crippen molar-refractivity contribution >= 4 is 43.0 Å². The van der Waals surface area contributed by atoms with Crippen LogP contribution in [0.15, 0.2) is 132 Å². The third kappa shape index (κ3) is 3.94. The van der Waals surface area contributed by atoms with E-state index >= 15 is 0 Å². The Hall–Kier alpha value is -2.68. The van der Waals surface area contributed by atoms with Crippen molar-refractivity contribution < 1.29 is 0 Å². The molecule has 0 nitrogen and oxygen atoms in total. The normalized spacial score (nSPS) is 20.4. The van der Waals surface area contributed by atoms with Gasteiger partial charge in [-0.3, -0.25) is 0 Å². The van der Waals surface area contributed by atoms with Gasteiger partial charge in [-0.05, 0) is 45.5 Å². The molecule has 4 aromatic rings. The topological polar surface area (TPSA) is 0 Å². The van der Waals surface area contributed by atoms with Crippen LogP contribution in [0.1, 0.15) is 28.2 Å². The lowest BCUT2D eigenvalue weighted by Gasteiger charge is -2.37. The highest BCUT2D eigenvalue weighted by molar-refractivity contribution is 9.10. The standard InChI is InChI=1S/C30H22Br2/c31-26-18-16-22(17-19-26)27-20-21-30(32,25-14-8-3-9-15-25)29(24-12-6-2-7-13-24)28(27)23-10-4-1-5-11-23/h1-21,27H. The molecule has 0 saturated heterocycles. The molecule has 0 radical (unpaired) electrons. The van der Waals surface area contributed by atoms with Crippen LogP contribution in [-0.4, -0.2) is 0 Å². The highest BCUT2D eigenvalue weighted by Crippen LogP contribution is 2.55. The van der Waals surface area contributed by atoms with Gasteiger partial charge >= 0.3 is 0 Å². The Balaban J connectivity index is 1.84. The predicted octanol–water partition coefficient (Wildman–Crippen LogP) is 9.00. The fourth-order valence-electron chi connectivity index (χ4n) is 4.54. The van der Waals surface area contributed by atoms with Crippen molar-refractivity contribution in [1.82, 2.24) is 0 Å². The number of benzene rings is 4. The van der Waals surface area contributed by atoms with Gasteiger partial charge in [-0.1, -0.05) is 147 Å². The summed E-state index contributed by atoms with van der Waals surface area (Å²) in [6, 6.07) is 40.9. The van der Waals surface area contributed by atoms with Crippen LogP contribution in [0, 0.1) is 0 Å². The van der Waals surface area contributed by atoms with Gasteiger partial charge in [-0.15, -0.1) is 0 Å². The lowest BCUT2D eigenvalue weighted by Crippen LogP contribution is -2.24.